The summed E-state index contributed by atoms with van der Waals surface area (Å²) >= 11 is 6.00. The Morgan fingerprint density at radius 2 is 2.15 bits per heavy atom. The van der Waals surface area contributed by atoms with Crippen LogP contribution in [0.25, 0.3) is 0 Å². The van der Waals surface area contributed by atoms with Gasteiger partial charge in [0, 0.05) is 11.4 Å². The highest BCUT2D eigenvalue weighted by Gasteiger charge is 2.07. The van der Waals surface area contributed by atoms with Gasteiger partial charge in [0.2, 0.25) is 0 Å². The van der Waals surface area contributed by atoms with Gasteiger partial charge in [-0.3, -0.25) is 4.79 Å². The number of halogens is 1. The summed E-state index contributed by atoms with van der Waals surface area (Å²) in [6.45, 7) is 3.65. The van der Waals surface area contributed by atoms with Gasteiger partial charge in [-0.05, 0) is 30.5 Å². The molecule has 0 heterocycles. The number of benzene rings is 1. The van der Waals surface area contributed by atoms with E-state index in [4.69, 9.17) is 11.6 Å². The second-order valence-electron chi connectivity index (χ2n) is 3.11. The van der Waals surface area contributed by atoms with E-state index in [-0.39, 0.29) is 5.78 Å². The zero-order chi connectivity index (χ0) is 9.84. The first kappa shape index (κ1) is 10.3. The van der Waals surface area contributed by atoms with Crippen molar-refractivity contribution in [3.8, 4) is 0 Å². The van der Waals surface area contributed by atoms with Gasteiger partial charge < -0.3 is 0 Å². The van der Waals surface area contributed by atoms with Crippen molar-refractivity contribution < 1.29 is 4.79 Å². The van der Waals surface area contributed by atoms with Crippen molar-refractivity contribution in [2.24, 2.45) is 0 Å². The second kappa shape index (κ2) is 4.43. The van der Waals surface area contributed by atoms with Crippen LogP contribution in [-0.2, 0) is 17.6 Å². The number of hydrogen-bond acceptors (Lipinski definition) is 1. The van der Waals surface area contributed by atoms with E-state index in [1.165, 1.54) is 5.56 Å². The largest absolute Gasteiger partial charge is 0.300 e. The van der Waals surface area contributed by atoms with Crippen LogP contribution >= 0.6 is 11.6 Å². The molecule has 13 heavy (non-hydrogen) atoms. The quantitative estimate of drug-likeness (QED) is 0.727. The Hall–Kier alpha value is -0.820. The molecule has 1 aromatic carbocycles. The van der Waals surface area contributed by atoms with Crippen LogP contribution in [0.15, 0.2) is 18.2 Å². The summed E-state index contributed by atoms with van der Waals surface area (Å²) in [4.78, 5) is 11.0. The van der Waals surface area contributed by atoms with Crippen LogP contribution in [0.5, 0.6) is 0 Å². The molecule has 0 saturated heterocycles. The van der Waals surface area contributed by atoms with Crippen molar-refractivity contribution in [3.05, 3.63) is 34.3 Å². The van der Waals surface area contributed by atoms with Crippen LogP contribution in [0, 0.1) is 0 Å². The molecular formula is C11H13ClO. The first-order valence-corrected chi connectivity index (χ1v) is 4.78. The van der Waals surface area contributed by atoms with E-state index in [0.29, 0.717) is 11.4 Å². The molecule has 70 valence electrons. The summed E-state index contributed by atoms with van der Waals surface area (Å²) in [7, 11) is 0. The third kappa shape index (κ3) is 2.56. The first-order chi connectivity index (χ1) is 6.15. The lowest BCUT2D eigenvalue weighted by Crippen LogP contribution is -2.01. The maximum Gasteiger partial charge on any atom is 0.134 e. The van der Waals surface area contributed by atoms with Crippen LogP contribution in [0.4, 0.5) is 0 Å². The molecule has 0 amide bonds. The number of hydrogen-bond donors (Lipinski definition) is 0. The molecule has 0 saturated carbocycles. The summed E-state index contributed by atoms with van der Waals surface area (Å²) in [5.41, 5.74) is 2.15. The van der Waals surface area contributed by atoms with E-state index in [1.807, 2.05) is 18.2 Å². The van der Waals surface area contributed by atoms with Crippen LogP contribution in [0.1, 0.15) is 25.0 Å². The summed E-state index contributed by atoms with van der Waals surface area (Å²) < 4.78 is 0. The molecule has 0 unspecified atom stereocenters. The molecule has 0 aromatic heterocycles. The number of carbonyl (C=O) groups is 1. The Labute approximate surface area is 83.7 Å². The average molecular weight is 197 g/mol. The fraction of sp³-hybridized carbons (Fsp3) is 0.364. The van der Waals surface area contributed by atoms with Crippen molar-refractivity contribution in [1.82, 2.24) is 0 Å². The van der Waals surface area contributed by atoms with E-state index in [0.717, 1.165) is 12.0 Å². The Bertz CT molecular complexity index is 318. The van der Waals surface area contributed by atoms with E-state index in [9.17, 15) is 4.79 Å². The maximum atomic E-state index is 11.0. The van der Waals surface area contributed by atoms with Gasteiger partial charge in [-0.2, -0.15) is 0 Å². The minimum atomic E-state index is 0.155. The zero-order valence-corrected chi connectivity index (χ0v) is 8.69. The topological polar surface area (TPSA) is 17.1 Å². The first-order valence-electron chi connectivity index (χ1n) is 4.40. The minimum Gasteiger partial charge on any atom is -0.300 e. The molecule has 0 radical (unpaired) electrons. The summed E-state index contributed by atoms with van der Waals surface area (Å²) in [6, 6.07) is 5.77. The van der Waals surface area contributed by atoms with Crippen LogP contribution in [0.3, 0.4) is 0 Å². The normalized spacial score (nSPS) is 10.1. The van der Waals surface area contributed by atoms with Gasteiger partial charge in [-0.1, -0.05) is 30.7 Å². The number of rotatable bonds is 3. The van der Waals surface area contributed by atoms with Crippen LogP contribution in [-0.4, -0.2) is 5.78 Å². The monoisotopic (exact) mass is 196 g/mol. The summed E-state index contributed by atoms with van der Waals surface area (Å²) in [5.74, 6) is 0.155. The molecule has 0 aliphatic carbocycles. The minimum absolute atomic E-state index is 0.155. The molecule has 0 atom stereocenters. The Morgan fingerprint density at radius 1 is 1.46 bits per heavy atom. The van der Waals surface area contributed by atoms with Crippen molar-refractivity contribution >= 4 is 17.4 Å². The zero-order valence-electron chi connectivity index (χ0n) is 7.93. The van der Waals surface area contributed by atoms with Crippen molar-refractivity contribution in [3.63, 3.8) is 0 Å². The molecule has 0 spiro atoms. The van der Waals surface area contributed by atoms with E-state index < -0.39 is 0 Å². The molecule has 1 rings (SSSR count). The molecule has 1 nitrogen and oxygen atoms in total. The molecule has 0 aliphatic heterocycles. The van der Waals surface area contributed by atoms with E-state index >= 15 is 0 Å². The number of ketones is 1. The molecule has 0 aliphatic rings. The van der Waals surface area contributed by atoms with Crippen LogP contribution < -0.4 is 0 Å². The van der Waals surface area contributed by atoms with Gasteiger partial charge in [0.05, 0.1) is 0 Å². The smallest absolute Gasteiger partial charge is 0.134 e. The molecule has 2 heteroatoms. The molecule has 1 aromatic rings. The van der Waals surface area contributed by atoms with Gasteiger partial charge in [-0.15, -0.1) is 0 Å². The standard InChI is InChI=1S/C11H13ClO/c1-3-9-5-4-6-11(12)10(9)7-8(2)13/h4-6H,3,7H2,1-2H3. The van der Waals surface area contributed by atoms with Gasteiger partial charge in [0.15, 0.2) is 0 Å². The van der Waals surface area contributed by atoms with Gasteiger partial charge in [0.1, 0.15) is 5.78 Å². The lowest BCUT2D eigenvalue weighted by atomic mass is 10.0. The SMILES string of the molecule is CCc1cccc(Cl)c1CC(C)=O. The number of carbonyl (C=O) groups excluding carboxylic acids is 1. The number of Topliss-reactive ketones (excluding diaryl/α,β-unsaturated/α-hetero) is 1. The Balaban J connectivity index is 3.07. The predicted molar refractivity (Wildman–Crippen MR) is 55.2 cm³/mol. The highest BCUT2D eigenvalue weighted by molar-refractivity contribution is 6.31. The van der Waals surface area contributed by atoms with E-state index in [1.54, 1.807) is 6.92 Å². The highest BCUT2D eigenvalue weighted by Crippen LogP contribution is 2.21. The Kier molecular flexibility index (Phi) is 3.49. The van der Waals surface area contributed by atoms with Crippen molar-refractivity contribution in [2.75, 3.05) is 0 Å². The van der Waals surface area contributed by atoms with Crippen LogP contribution in [0.2, 0.25) is 5.02 Å². The maximum absolute atomic E-state index is 11.0. The fourth-order valence-corrected chi connectivity index (χ4v) is 1.64. The predicted octanol–water partition coefficient (Wildman–Crippen LogP) is 3.03. The fourth-order valence-electron chi connectivity index (χ4n) is 1.38. The van der Waals surface area contributed by atoms with Crippen molar-refractivity contribution in [1.29, 1.82) is 0 Å². The lowest BCUT2D eigenvalue weighted by Gasteiger charge is -2.07. The molecule has 0 fully saturated rings. The highest BCUT2D eigenvalue weighted by atomic mass is 35.5. The lowest BCUT2D eigenvalue weighted by molar-refractivity contribution is -0.116. The molecule has 0 bridgehead atoms. The summed E-state index contributed by atoms with van der Waals surface area (Å²) in [5, 5.41) is 0.703. The molecule has 0 N–H and O–H groups in total. The number of aryl methyl sites for hydroxylation is 1. The Morgan fingerprint density at radius 3 is 2.69 bits per heavy atom. The third-order valence-corrected chi connectivity index (χ3v) is 2.38. The molecular weight excluding hydrogens is 184 g/mol. The third-order valence-electron chi connectivity index (χ3n) is 2.02. The van der Waals surface area contributed by atoms with Gasteiger partial charge in [-0.25, -0.2) is 0 Å². The van der Waals surface area contributed by atoms with Crippen molar-refractivity contribution in [2.45, 2.75) is 26.7 Å². The summed E-state index contributed by atoms with van der Waals surface area (Å²) in [6.07, 6.45) is 1.37. The second-order valence-corrected chi connectivity index (χ2v) is 3.52. The van der Waals surface area contributed by atoms with Gasteiger partial charge >= 0.3 is 0 Å². The van der Waals surface area contributed by atoms with Gasteiger partial charge in [0.25, 0.3) is 0 Å². The average Bonchev–Trinajstić information content (AvgIpc) is 2.08. The van der Waals surface area contributed by atoms with E-state index in [2.05, 4.69) is 6.92 Å².